The Morgan fingerprint density at radius 3 is 2.58 bits per heavy atom. The predicted octanol–water partition coefficient (Wildman–Crippen LogP) is 4.21. The molecule has 5 nitrogen and oxygen atoms in total. The van der Waals surface area contributed by atoms with Gasteiger partial charge in [0.15, 0.2) is 11.6 Å². The average Bonchev–Trinajstić information content (AvgIpc) is 3.00. The summed E-state index contributed by atoms with van der Waals surface area (Å²) < 4.78 is 13.6. The topological polar surface area (TPSA) is 66.5 Å². The molecule has 0 bridgehead atoms. The smallest absolute Gasteiger partial charge is 0.162 e. The van der Waals surface area contributed by atoms with E-state index in [2.05, 4.69) is 25.5 Å². The first kappa shape index (κ1) is 14.3. The summed E-state index contributed by atoms with van der Waals surface area (Å²) in [6.07, 6.45) is 0. The molecular weight excluding hydrogens is 305 g/mol. The molecule has 2 aromatic heterocycles. The quantitative estimate of drug-likeness (QED) is 0.593. The Hall–Kier alpha value is -3.28. The molecule has 0 atom stereocenters. The normalized spacial score (nSPS) is 10.9. The molecule has 0 saturated heterocycles. The Morgan fingerprint density at radius 2 is 1.83 bits per heavy atom. The molecular formula is C18H14FN5. The Balaban J connectivity index is 1.89. The Labute approximate surface area is 137 Å². The van der Waals surface area contributed by atoms with Crippen molar-refractivity contribution in [2.75, 3.05) is 5.32 Å². The maximum Gasteiger partial charge on any atom is 0.162 e. The van der Waals surface area contributed by atoms with Crippen LogP contribution < -0.4 is 5.32 Å². The molecule has 0 unspecified atom stereocenters. The molecule has 2 N–H and O–H groups in total. The maximum atomic E-state index is 13.6. The van der Waals surface area contributed by atoms with Gasteiger partial charge in [-0.05, 0) is 19.1 Å². The molecule has 2 heterocycles. The van der Waals surface area contributed by atoms with E-state index in [1.54, 1.807) is 6.07 Å². The van der Waals surface area contributed by atoms with Crippen LogP contribution in [0.25, 0.3) is 22.3 Å². The van der Waals surface area contributed by atoms with Crippen LogP contribution in [0.15, 0.2) is 54.6 Å². The highest BCUT2D eigenvalue weighted by molar-refractivity contribution is 5.92. The van der Waals surface area contributed by atoms with Gasteiger partial charge in [0.25, 0.3) is 0 Å². The van der Waals surface area contributed by atoms with Crippen molar-refractivity contribution >= 4 is 22.5 Å². The van der Waals surface area contributed by atoms with E-state index in [0.717, 1.165) is 16.6 Å². The SMILES string of the molecule is Cc1cc(Nc2nc(-c3ccccc3)nc3cc(F)ccc23)n[nH]1. The van der Waals surface area contributed by atoms with Crippen molar-refractivity contribution in [3.8, 4) is 11.4 Å². The molecule has 0 aliphatic carbocycles. The number of nitrogens with zero attached hydrogens (tertiary/aromatic N) is 3. The van der Waals surface area contributed by atoms with Gasteiger partial charge in [0.2, 0.25) is 0 Å². The molecule has 0 saturated carbocycles. The summed E-state index contributed by atoms with van der Waals surface area (Å²) >= 11 is 0. The van der Waals surface area contributed by atoms with Gasteiger partial charge in [-0.1, -0.05) is 30.3 Å². The van der Waals surface area contributed by atoms with Crippen LogP contribution in [0.3, 0.4) is 0 Å². The molecule has 118 valence electrons. The fourth-order valence-electron chi connectivity index (χ4n) is 2.52. The van der Waals surface area contributed by atoms with Gasteiger partial charge < -0.3 is 5.32 Å². The summed E-state index contributed by atoms with van der Waals surface area (Å²) in [7, 11) is 0. The lowest BCUT2D eigenvalue weighted by Crippen LogP contribution is -2.00. The molecule has 2 aromatic carbocycles. The predicted molar refractivity (Wildman–Crippen MR) is 91.5 cm³/mol. The number of aromatic amines is 1. The fourth-order valence-corrected chi connectivity index (χ4v) is 2.52. The van der Waals surface area contributed by atoms with Crippen LogP contribution in [-0.4, -0.2) is 20.2 Å². The second-order valence-electron chi connectivity index (χ2n) is 5.48. The standard InChI is InChI=1S/C18H14FN5/c1-11-9-16(24-23-11)21-18-14-8-7-13(19)10-15(14)20-17(22-18)12-5-3-2-4-6-12/h2-10H,1H3,(H2,20,21,22,23,24). The van der Waals surface area contributed by atoms with Crippen molar-refractivity contribution in [3.05, 3.63) is 66.1 Å². The number of benzene rings is 2. The van der Waals surface area contributed by atoms with Gasteiger partial charge in [0.1, 0.15) is 11.6 Å². The van der Waals surface area contributed by atoms with E-state index in [9.17, 15) is 4.39 Å². The fraction of sp³-hybridized carbons (Fsp3) is 0.0556. The molecule has 4 rings (SSSR count). The van der Waals surface area contributed by atoms with Crippen LogP contribution in [0, 0.1) is 12.7 Å². The number of aryl methyl sites for hydroxylation is 1. The van der Waals surface area contributed by atoms with Crippen LogP contribution in [0.1, 0.15) is 5.69 Å². The summed E-state index contributed by atoms with van der Waals surface area (Å²) in [6.45, 7) is 1.92. The molecule has 24 heavy (non-hydrogen) atoms. The molecule has 0 aliphatic heterocycles. The second kappa shape index (κ2) is 5.73. The number of rotatable bonds is 3. The third kappa shape index (κ3) is 2.69. The van der Waals surface area contributed by atoms with E-state index >= 15 is 0 Å². The van der Waals surface area contributed by atoms with Crippen LogP contribution >= 0.6 is 0 Å². The Morgan fingerprint density at radius 1 is 1.00 bits per heavy atom. The van der Waals surface area contributed by atoms with E-state index in [4.69, 9.17) is 0 Å². The van der Waals surface area contributed by atoms with Gasteiger partial charge in [-0.15, -0.1) is 0 Å². The highest BCUT2D eigenvalue weighted by Crippen LogP contribution is 2.27. The van der Waals surface area contributed by atoms with Crippen molar-refractivity contribution in [1.82, 2.24) is 20.2 Å². The number of fused-ring (bicyclic) bond motifs is 1. The van der Waals surface area contributed by atoms with Crippen LogP contribution in [0.5, 0.6) is 0 Å². The minimum atomic E-state index is -0.332. The zero-order chi connectivity index (χ0) is 16.5. The van der Waals surface area contributed by atoms with Crippen molar-refractivity contribution in [2.45, 2.75) is 6.92 Å². The number of hydrogen-bond acceptors (Lipinski definition) is 4. The first-order valence-corrected chi connectivity index (χ1v) is 7.51. The maximum absolute atomic E-state index is 13.6. The Bertz CT molecular complexity index is 1010. The summed E-state index contributed by atoms with van der Waals surface area (Å²) in [4.78, 5) is 9.10. The number of aromatic nitrogens is 4. The summed E-state index contributed by atoms with van der Waals surface area (Å²) in [6, 6.07) is 15.9. The highest BCUT2D eigenvalue weighted by atomic mass is 19.1. The van der Waals surface area contributed by atoms with E-state index in [0.29, 0.717) is 23.0 Å². The largest absolute Gasteiger partial charge is 0.323 e. The molecule has 0 aliphatic rings. The summed E-state index contributed by atoms with van der Waals surface area (Å²) in [5.74, 6) is 1.44. The average molecular weight is 319 g/mol. The number of nitrogens with one attached hydrogen (secondary N) is 2. The van der Waals surface area contributed by atoms with Gasteiger partial charge in [0, 0.05) is 28.8 Å². The summed E-state index contributed by atoms with van der Waals surface area (Å²) in [5.41, 5.74) is 2.34. The molecule has 0 spiro atoms. The first-order chi connectivity index (χ1) is 11.7. The summed E-state index contributed by atoms with van der Waals surface area (Å²) in [5, 5.41) is 11.0. The zero-order valence-corrected chi connectivity index (χ0v) is 12.9. The van der Waals surface area contributed by atoms with Crippen LogP contribution in [0.2, 0.25) is 0 Å². The van der Waals surface area contributed by atoms with E-state index in [1.165, 1.54) is 12.1 Å². The molecule has 0 radical (unpaired) electrons. The monoisotopic (exact) mass is 319 g/mol. The minimum absolute atomic E-state index is 0.332. The third-order valence-corrected chi connectivity index (χ3v) is 3.64. The zero-order valence-electron chi connectivity index (χ0n) is 12.9. The van der Waals surface area contributed by atoms with E-state index in [-0.39, 0.29) is 5.82 Å². The van der Waals surface area contributed by atoms with Crippen molar-refractivity contribution in [3.63, 3.8) is 0 Å². The number of hydrogen-bond donors (Lipinski definition) is 2. The first-order valence-electron chi connectivity index (χ1n) is 7.51. The van der Waals surface area contributed by atoms with E-state index in [1.807, 2.05) is 43.3 Å². The number of halogens is 1. The second-order valence-corrected chi connectivity index (χ2v) is 5.48. The highest BCUT2D eigenvalue weighted by Gasteiger charge is 2.11. The van der Waals surface area contributed by atoms with Gasteiger partial charge in [-0.2, -0.15) is 5.10 Å². The van der Waals surface area contributed by atoms with Crippen LogP contribution in [0.4, 0.5) is 16.0 Å². The minimum Gasteiger partial charge on any atom is -0.323 e. The van der Waals surface area contributed by atoms with E-state index < -0.39 is 0 Å². The number of H-pyrrole nitrogens is 1. The molecule has 0 fully saturated rings. The lowest BCUT2D eigenvalue weighted by molar-refractivity contribution is 0.629. The third-order valence-electron chi connectivity index (χ3n) is 3.64. The van der Waals surface area contributed by atoms with Gasteiger partial charge in [0.05, 0.1) is 5.52 Å². The molecule has 4 aromatic rings. The van der Waals surface area contributed by atoms with Crippen molar-refractivity contribution in [2.24, 2.45) is 0 Å². The molecule has 0 amide bonds. The Kier molecular flexibility index (Phi) is 3.42. The number of anilines is 2. The van der Waals surface area contributed by atoms with Crippen LogP contribution in [-0.2, 0) is 0 Å². The van der Waals surface area contributed by atoms with Gasteiger partial charge in [-0.25, -0.2) is 14.4 Å². The van der Waals surface area contributed by atoms with Gasteiger partial charge >= 0.3 is 0 Å². The lowest BCUT2D eigenvalue weighted by atomic mass is 10.2. The van der Waals surface area contributed by atoms with Gasteiger partial charge in [-0.3, -0.25) is 5.10 Å². The molecule has 6 heteroatoms. The van der Waals surface area contributed by atoms with Crippen molar-refractivity contribution < 1.29 is 4.39 Å². The van der Waals surface area contributed by atoms with Crippen molar-refractivity contribution in [1.29, 1.82) is 0 Å². The lowest BCUT2D eigenvalue weighted by Gasteiger charge is -2.09.